The van der Waals surface area contributed by atoms with Gasteiger partial charge in [0.25, 0.3) is 0 Å². The van der Waals surface area contributed by atoms with Gasteiger partial charge in [0.15, 0.2) is 5.58 Å². The van der Waals surface area contributed by atoms with Crippen LogP contribution in [-0.4, -0.2) is 17.6 Å². The third-order valence-corrected chi connectivity index (χ3v) is 2.94. The molecular weight excluding hydrogens is 254 g/mol. The fourth-order valence-corrected chi connectivity index (χ4v) is 2.02. The maximum absolute atomic E-state index is 11.6. The summed E-state index contributed by atoms with van der Waals surface area (Å²) in [5, 5.41) is 0. The van der Waals surface area contributed by atoms with Crippen molar-refractivity contribution in [2.24, 2.45) is 0 Å². The molecule has 1 aromatic heterocycles. The summed E-state index contributed by atoms with van der Waals surface area (Å²) in [4.78, 5) is 15.8. The fourth-order valence-electron chi connectivity index (χ4n) is 2.02. The maximum atomic E-state index is 11.6. The largest absolute Gasteiger partial charge is 0.459 e. The number of rotatable bonds is 3. The van der Waals surface area contributed by atoms with Crippen LogP contribution in [0.2, 0.25) is 0 Å². The van der Waals surface area contributed by atoms with Crippen LogP contribution in [0.25, 0.3) is 22.2 Å². The molecule has 4 heteroatoms. The van der Waals surface area contributed by atoms with E-state index in [1.165, 1.54) is 0 Å². The van der Waals surface area contributed by atoms with Crippen LogP contribution in [0.15, 0.2) is 52.9 Å². The molecule has 3 rings (SSSR count). The lowest BCUT2D eigenvalue weighted by Gasteiger charge is -1.99. The second kappa shape index (κ2) is 5.17. The highest BCUT2D eigenvalue weighted by molar-refractivity contribution is 5.89. The van der Waals surface area contributed by atoms with Crippen LogP contribution in [0.5, 0.6) is 0 Å². The first kappa shape index (κ1) is 12.4. The number of hydrogen-bond acceptors (Lipinski definition) is 4. The van der Waals surface area contributed by atoms with Gasteiger partial charge in [-0.2, -0.15) is 0 Å². The molecule has 100 valence electrons. The predicted octanol–water partition coefficient (Wildman–Crippen LogP) is 3.67. The van der Waals surface area contributed by atoms with Gasteiger partial charge >= 0.3 is 11.9 Å². The smallest absolute Gasteiger partial charge is 0.394 e. The number of benzene rings is 2. The highest BCUT2D eigenvalue weighted by atomic mass is 16.5. The number of aromatic nitrogens is 1. The monoisotopic (exact) mass is 267 g/mol. The molecule has 20 heavy (non-hydrogen) atoms. The number of carbonyl (C=O) groups is 1. The van der Waals surface area contributed by atoms with E-state index in [1.807, 2.05) is 48.5 Å². The number of carbonyl (C=O) groups excluding carboxylic acids is 1. The van der Waals surface area contributed by atoms with Crippen LogP contribution in [-0.2, 0) is 4.74 Å². The van der Waals surface area contributed by atoms with Gasteiger partial charge in [0, 0.05) is 0 Å². The number of oxazole rings is 1. The van der Waals surface area contributed by atoms with E-state index in [0.29, 0.717) is 17.7 Å². The second-order valence-corrected chi connectivity index (χ2v) is 4.29. The van der Waals surface area contributed by atoms with Gasteiger partial charge in [0.2, 0.25) is 0 Å². The molecule has 0 saturated carbocycles. The molecule has 0 N–H and O–H groups in total. The van der Waals surface area contributed by atoms with Gasteiger partial charge in [-0.05, 0) is 30.2 Å². The predicted molar refractivity (Wildman–Crippen MR) is 75.4 cm³/mol. The van der Waals surface area contributed by atoms with E-state index < -0.39 is 5.97 Å². The molecule has 0 aliphatic rings. The lowest BCUT2D eigenvalue weighted by molar-refractivity contribution is 0.0483. The van der Waals surface area contributed by atoms with E-state index in [2.05, 4.69) is 4.98 Å². The molecule has 0 radical (unpaired) electrons. The first-order chi connectivity index (χ1) is 9.78. The number of nitrogens with zero attached hydrogens (tertiary/aromatic N) is 1. The van der Waals surface area contributed by atoms with Crippen LogP contribution in [0, 0.1) is 0 Å². The average Bonchev–Trinajstić information content (AvgIpc) is 2.91. The summed E-state index contributed by atoms with van der Waals surface area (Å²) < 4.78 is 10.3. The molecule has 0 aliphatic carbocycles. The van der Waals surface area contributed by atoms with E-state index in [-0.39, 0.29) is 5.89 Å². The van der Waals surface area contributed by atoms with Crippen LogP contribution < -0.4 is 0 Å². The zero-order valence-electron chi connectivity index (χ0n) is 11.0. The first-order valence-electron chi connectivity index (χ1n) is 6.41. The minimum atomic E-state index is -0.537. The standard InChI is InChI=1S/C16H13NO3/c1-2-19-16(18)15-17-13-10-12(8-9-14(13)20-15)11-6-4-3-5-7-11/h3-10H,2H2,1H3. The van der Waals surface area contributed by atoms with Crippen molar-refractivity contribution in [2.75, 3.05) is 6.61 Å². The van der Waals surface area contributed by atoms with Gasteiger partial charge in [-0.15, -0.1) is 0 Å². The lowest BCUT2D eigenvalue weighted by atomic mass is 10.1. The van der Waals surface area contributed by atoms with Gasteiger partial charge in [0.1, 0.15) is 5.52 Å². The second-order valence-electron chi connectivity index (χ2n) is 4.29. The zero-order valence-corrected chi connectivity index (χ0v) is 11.0. The van der Waals surface area contributed by atoms with E-state index in [4.69, 9.17) is 9.15 Å². The van der Waals surface area contributed by atoms with E-state index in [0.717, 1.165) is 11.1 Å². The van der Waals surface area contributed by atoms with Crippen molar-refractivity contribution in [1.29, 1.82) is 0 Å². The van der Waals surface area contributed by atoms with Crippen molar-refractivity contribution in [1.82, 2.24) is 4.98 Å². The van der Waals surface area contributed by atoms with Crippen molar-refractivity contribution in [3.63, 3.8) is 0 Å². The third-order valence-electron chi connectivity index (χ3n) is 2.94. The lowest BCUT2D eigenvalue weighted by Crippen LogP contribution is -2.04. The van der Waals surface area contributed by atoms with Crippen LogP contribution in [0.3, 0.4) is 0 Å². The quantitative estimate of drug-likeness (QED) is 0.679. The fraction of sp³-hybridized carbons (Fsp3) is 0.125. The molecular formula is C16H13NO3. The first-order valence-corrected chi connectivity index (χ1v) is 6.41. The molecule has 0 fully saturated rings. The Morgan fingerprint density at radius 3 is 2.70 bits per heavy atom. The Kier molecular flexibility index (Phi) is 3.21. The molecule has 0 atom stereocenters. The van der Waals surface area contributed by atoms with Crippen molar-refractivity contribution >= 4 is 17.1 Å². The molecule has 0 bridgehead atoms. The SMILES string of the molecule is CCOC(=O)c1nc2cc(-c3ccccc3)ccc2o1. The third kappa shape index (κ3) is 2.28. The Morgan fingerprint density at radius 2 is 1.95 bits per heavy atom. The molecule has 2 aromatic carbocycles. The van der Waals surface area contributed by atoms with Crippen LogP contribution >= 0.6 is 0 Å². The van der Waals surface area contributed by atoms with Crippen LogP contribution in [0.4, 0.5) is 0 Å². The minimum absolute atomic E-state index is 0.00735. The zero-order chi connectivity index (χ0) is 13.9. The summed E-state index contributed by atoms with van der Waals surface area (Å²) in [6.45, 7) is 2.04. The molecule has 0 unspecified atom stereocenters. The van der Waals surface area contributed by atoms with Gasteiger partial charge < -0.3 is 9.15 Å². The molecule has 0 aliphatic heterocycles. The van der Waals surface area contributed by atoms with Crippen molar-refractivity contribution in [3.05, 3.63) is 54.4 Å². The molecule has 0 spiro atoms. The van der Waals surface area contributed by atoms with Crippen molar-refractivity contribution < 1.29 is 13.9 Å². The van der Waals surface area contributed by atoms with Gasteiger partial charge in [-0.3, -0.25) is 0 Å². The number of ether oxygens (including phenoxy) is 1. The average molecular weight is 267 g/mol. The topological polar surface area (TPSA) is 52.3 Å². The summed E-state index contributed by atoms with van der Waals surface area (Å²) in [7, 11) is 0. The number of esters is 1. The number of fused-ring (bicyclic) bond motifs is 1. The highest BCUT2D eigenvalue weighted by Gasteiger charge is 2.15. The normalized spacial score (nSPS) is 10.7. The van der Waals surface area contributed by atoms with Gasteiger partial charge in [0.05, 0.1) is 6.61 Å². The molecule has 4 nitrogen and oxygen atoms in total. The Labute approximate surface area is 116 Å². The van der Waals surface area contributed by atoms with E-state index in [9.17, 15) is 4.79 Å². The van der Waals surface area contributed by atoms with Gasteiger partial charge in [-0.1, -0.05) is 36.4 Å². The Balaban J connectivity index is 2.02. The van der Waals surface area contributed by atoms with E-state index >= 15 is 0 Å². The van der Waals surface area contributed by atoms with E-state index in [1.54, 1.807) is 6.92 Å². The Bertz CT molecular complexity index is 747. The van der Waals surface area contributed by atoms with Gasteiger partial charge in [-0.25, -0.2) is 9.78 Å². The maximum Gasteiger partial charge on any atom is 0.394 e. The summed E-state index contributed by atoms with van der Waals surface area (Å²) in [5.74, 6) is -0.544. The summed E-state index contributed by atoms with van der Waals surface area (Å²) >= 11 is 0. The number of hydrogen-bond donors (Lipinski definition) is 0. The molecule has 0 saturated heterocycles. The Morgan fingerprint density at radius 1 is 1.15 bits per heavy atom. The van der Waals surface area contributed by atoms with Crippen molar-refractivity contribution in [2.45, 2.75) is 6.92 Å². The highest BCUT2D eigenvalue weighted by Crippen LogP contribution is 2.24. The van der Waals surface area contributed by atoms with Crippen molar-refractivity contribution in [3.8, 4) is 11.1 Å². The molecule has 3 aromatic rings. The van der Waals surface area contributed by atoms with Crippen LogP contribution in [0.1, 0.15) is 17.6 Å². The summed E-state index contributed by atoms with van der Waals surface area (Å²) in [5.41, 5.74) is 3.35. The molecule has 0 amide bonds. The summed E-state index contributed by atoms with van der Waals surface area (Å²) in [6, 6.07) is 15.6. The Hall–Kier alpha value is -2.62. The molecule has 1 heterocycles. The summed E-state index contributed by atoms with van der Waals surface area (Å²) in [6.07, 6.45) is 0. The minimum Gasteiger partial charge on any atom is -0.459 e.